The first-order chi connectivity index (χ1) is 7.78. The van der Waals surface area contributed by atoms with Gasteiger partial charge in [0.2, 0.25) is 5.89 Å². The molecule has 5 nitrogen and oxygen atoms in total. The number of aromatic nitrogens is 2. The fourth-order valence-corrected chi connectivity index (χ4v) is 1.82. The van der Waals surface area contributed by atoms with Crippen molar-refractivity contribution >= 4 is 0 Å². The lowest BCUT2D eigenvalue weighted by molar-refractivity contribution is 0.183. The van der Waals surface area contributed by atoms with E-state index in [1.54, 1.807) is 0 Å². The minimum atomic E-state index is 0.375. The van der Waals surface area contributed by atoms with Crippen molar-refractivity contribution in [1.29, 1.82) is 0 Å². The molecule has 0 bridgehead atoms. The fourth-order valence-electron chi connectivity index (χ4n) is 1.82. The molecule has 2 heterocycles. The predicted molar refractivity (Wildman–Crippen MR) is 59.2 cm³/mol. The van der Waals surface area contributed by atoms with Gasteiger partial charge >= 0.3 is 0 Å². The summed E-state index contributed by atoms with van der Waals surface area (Å²) in [6.45, 7) is 3.79. The molecule has 1 aliphatic rings. The second-order valence-electron chi connectivity index (χ2n) is 4.43. The van der Waals surface area contributed by atoms with Crippen molar-refractivity contribution in [3.63, 3.8) is 0 Å². The van der Waals surface area contributed by atoms with E-state index in [9.17, 15) is 0 Å². The van der Waals surface area contributed by atoms with Crippen LogP contribution in [0.2, 0.25) is 0 Å². The number of hydrogen-bond donors (Lipinski definition) is 1. The van der Waals surface area contributed by atoms with Crippen LogP contribution in [-0.2, 0) is 17.6 Å². The maximum absolute atomic E-state index is 5.32. The molecule has 2 atom stereocenters. The van der Waals surface area contributed by atoms with Crippen molar-refractivity contribution in [3.05, 3.63) is 11.7 Å². The van der Waals surface area contributed by atoms with Crippen molar-refractivity contribution < 1.29 is 9.26 Å². The highest BCUT2D eigenvalue weighted by atomic mass is 16.5. The quantitative estimate of drug-likeness (QED) is 0.803. The van der Waals surface area contributed by atoms with Gasteiger partial charge in [-0.2, -0.15) is 4.98 Å². The molecule has 0 aliphatic carbocycles. The van der Waals surface area contributed by atoms with Crippen molar-refractivity contribution in [2.45, 2.75) is 32.2 Å². The normalized spacial score (nSPS) is 22.5. The predicted octanol–water partition coefficient (Wildman–Crippen LogP) is 0.799. The van der Waals surface area contributed by atoms with Gasteiger partial charge in [0.25, 0.3) is 0 Å². The molecule has 1 fully saturated rings. The van der Waals surface area contributed by atoms with Crippen molar-refractivity contribution in [2.75, 3.05) is 20.3 Å². The Balaban J connectivity index is 1.86. The third kappa shape index (κ3) is 3.02. The largest absolute Gasteiger partial charge is 0.381 e. The highest BCUT2D eigenvalue weighted by molar-refractivity contribution is 4.91. The molecular weight excluding hydrogens is 206 g/mol. The van der Waals surface area contributed by atoms with Crippen LogP contribution in [0.25, 0.3) is 0 Å². The van der Waals surface area contributed by atoms with E-state index in [-0.39, 0.29) is 0 Å². The van der Waals surface area contributed by atoms with Gasteiger partial charge in [-0.25, -0.2) is 0 Å². The fraction of sp³-hybridized carbons (Fsp3) is 0.818. The Morgan fingerprint density at radius 1 is 1.56 bits per heavy atom. The maximum Gasteiger partial charge on any atom is 0.227 e. The van der Waals surface area contributed by atoms with Crippen LogP contribution in [0.4, 0.5) is 0 Å². The number of rotatable bonds is 5. The Hall–Kier alpha value is -0.940. The van der Waals surface area contributed by atoms with Crippen molar-refractivity contribution in [3.8, 4) is 0 Å². The van der Waals surface area contributed by atoms with Gasteiger partial charge < -0.3 is 14.6 Å². The van der Waals surface area contributed by atoms with Gasteiger partial charge in [-0.15, -0.1) is 0 Å². The lowest BCUT2D eigenvalue weighted by atomic mass is 10.1. The summed E-state index contributed by atoms with van der Waals surface area (Å²) in [7, 11) is 1.93. The zero-order valence-electron chi connectivity index (χ0n) is 9.90. The van der Waals surface area contributed by atoms with E-state index < -0.39 is 0 Å². The zero-order chi connectivity index (χ0) is 11.4. The molecule has 90 valence electrons. The first-order valence-electron chi connectivity index (χ1n) is 5.84. The first kappa shape index (κ1) is 11.5. The van der Waals surface area contributed by atoms with Gasteiger partial charge in [-0.05, 0) is 26.3 Å². The summed E-state index contributed by atoms with van der Waals surface area (Å²) in [4.78, 5) is 4.39. The van der Waals surface area contributed by atoms with Gasteiger partial charge in [0.05, 0.1) is 0 Å². The van der Waals surface area contributed by atoms with Crippen LogP contribution in [0.5, 0.6) is 0 Å². The van der Waals surface area contributed by atoms with Crippen LogP contribution in [0, 0.1) is 5.92 Å². The van der Waals surface area contributed by atoms with Crippen LogP contribution in [0.1, 0.15) is 25.1 Å². The summed E-state index contributed by atoms with van der Waals surface area (Å²) in [6, 6.07) is 0.375. The molecule has 1 aromatic rings. The third-order valence-corrected chi connectivity index (χ3v) is 2.98. The minimum absolute atomic E-state index is 0.375. The molecule has 1 aliphatic heterocycles. The van der Waals surface area contributed by atoms with Crippen LogP contribution >= 0.6 is 0 Å². The molecule has 2 rings (SSSR count). The molecule has 0 spiro atoms. The molecule has 2 unspecified atom stereocenters. The van der Waals surface area contributed by atoms with E-state index in [4.69, 9.17) is 9.26 Å². The molecule has 0 radical (unpaired) electrons. The average Bonchev–Trinajstić information content (AvgIpc) is 2.91. The molecule has 16 heavy (non-hydrogen) atoms. The Kier molecular flexibility index (Phi) is 3.90. The summed E-state index contributed by atoms with van der Waals surface area (Å²) >= 11 is 0. The number of ether oxygens (including phenoxy) is 1. The molecule has 0 amide bonds. The Bertz CT molecular complexity index is 321. The van der Waals surface area contributed by atoms with Crippen LogP contribution < -0.4 is 5.32 Å². The molecule has 1 saturated heterocycles. The second-order valence-corrected chi connectivity index (χ2v) is 4.43. The summed E-state index contributed by atoms with van der Waals surface area (Å²) in [5, 5.41) is 7.13. The molecule has 1 N–H and O–H groups in total. The van der Waals surface area contributed by atoms with E-state index in [0.29, 0.717) is 12.0 Å². The Labute approximate surface area is 95.6 Å². The maximum atomic E-state index is 5.32. The molecule has 5 heteroatoms. The van der Waals surface area contributed by atoms with E-state index in [2.05, 4.69) is 22.4 Å². The van der Waals surface area contributed by atoms with Crippen molar-refractivity contribution in [1.82, 2.24) is 15.5 Å². The first-order valence-corrected chi connectivity index (χ1v) is 5.84. The summed E-state index contributed by atoms with van der Waals surface area (Å²) in [5.41, 5.74) is 0. The third-order valence-electron chi connectivity index (χ3n) is 2.98. The number of hydrogen-bond acceptors (Lipinski definition) is 5. The highest BCUT2D eigenvalue weighted by Crippen LogP contribution is 2.17. The van der Waals surface area contributed by atoms with Crippen LogP contribution in [0.15, 0.2) is 4.52 Å². The number of likely N-dealkylation sites (N-methyl/N-ethyl adjacent to an activating group) is 1. The molecule has 1 aromatic heterocycles. The molecular formula is C11H19N3O2. The lowest BCUT2D eigenvalue weighted by Crippen LogP contribution is -2.24. The van der Waals surface area contributed by atoms with Gasteiger partial charge in [0.1, 0.15) is 0 Å². The Morgan fingerprint density at radius 3 is 3.12 bits per heavy atom. The van der Waals surface area contributed by atoms with E-state index in [1.807, 2.05) is 7.05 Å². The monoisotopic (exact) mass is 225 g/mol. The second kappa shape index (κ2) is 5.41. The van der Waals surface area contributed by atoms with E-state index in [1.165, 1.54) is 0 Å². The minimum Gasteiger partial charge on any atom is -0.381 e. The number of nitrogens with zero attached hydrogens (tertiary/aromatic N) is 2. The summed E-state index contributed by atoms with van der Waals surface area (Å²) < 4.78 is 10.5. The summed E-state index contributed by atoms with van der Waals surface area (Å²) in [6.07, 6.45) is 2.76. The lowest BCUT2D eigenvalue weighted by Gasteiger charge is -2.04. The molecule has 0 aromatic carbocycles. The SMILES string of the molecule is CNC(C)Cc1noc(CC2CCOC2)n1. The average molecular weight is 225 g/mol. The van der Waals surface area contributed by atoms with E-state index in [0.717, 1.165) is 44.2 Å². The van der Waals surface area contributed by atoms with E-state index >= 15 is 0 Å². The van der Waals surface area contributed by atoms with Crippen LogP contribution in [0.3, 0.4) is 0 Å². The van der Waals surface area contributed by atoms with Crippen molar-refractivity contribution in [2.24, 2.45) is 5.92 Å². The summed E-state index contributed by atoms with van der Waals surface area (Å²) in [5.74, 6) is 2.08. The number of nitrogens with one attached hydrogen (secondary N) is 1. The molecule has 0 saturated carbocycles. The van der Waals surface area contributed by atoms with Gasteiger partial charge in [0.15, 0.2) is 5.82 Å². The van der Waals surface area contributed by atoms with Gasteiger partial charge in [-0.1, -0.05) is 5.16 Å². The zero-order valence-corrected chi connectivity index (χ0v) is 9.90. The van der Waals surface area contributed by atoms with Gasteiger partial charge in [0, 0.05) is 32.1 Å². The highest BCUT2D eigenvalue weighted by Gasteiger charge is 2.19. The smallest absolute Gasteiger partial charge is 0.227 e. The van der Waals surface area contributed by atoms with Gasteiger partial charge in [-0.3, -0.25) is 0 Å². The standard InChI is InChI=1S/C11H19N3O2/c1-8(12-2)5-10-13-11(16-14-10)6-9-3-4-15-7-9/h8-9,12H,3-7H2,1-2H3. The topological polar surface area (TPSA) is 60.2 Å². The Morgan fingerprint density at radius 2 is 2.44 bits per heavy atom. The van der Waals surface area contributed by atoms with Crippen LogP contribution in [-0.4, -0.2) is 36.4 Å².